The lowest BCUT2D eigenvalue weighted by molar-refractivity contribution is -0.115. The average Bonchev–Trinajstić information content (AvgIpc) is 3.51. The highest BCUT2D eigenvalue weighted by Gasteiger charge is 2.17. The molecule has 0 radical (unpaired) electrons. The summed E-state index contributed by atoms with van der Waals surface area (Å²) >= 11 is 1.14. The summed E-state index contributed by atoms with van der Waals surface area (Å²) in [6.07, 6.45) is 8.50. The minimum absolute atomic E-state index is 0.132. The third-order valence-electron chi connectivity index (χ3n) is 5.10. The number of carboxylic acids is 1. The summed E-state index contributed by atoms with van der Waals surface area (Å²) in [5, 5.41) is 20.9. The van der Waals surface area contributed by atoms with Crippen molar-refractivity contribution in [2.75, 3.05) is 18.9 Å². The number of rotatable bonds is 10. The van der Waals surface area contributed by atoms with Gasteiger partial charge in [0.05, 0.1) is 37.4 Å². The molecule has 0 spiro atoms. The molecule has 0 saturated carbocycles. The third-order valence-corrected chi connectivity index (χ3v) is 5.94. The fourth-order valence-corrected chi connectivity index (χ4v) is 4.19. The van der Waals surface area contributed by atoms with E-state index in [1.165, 1.54) is 19.2 Å². The number of carboxylic acid groups (broad SMARTS) is 1. The Morgan fingerprint density at radius 2 is 2.00 bits per heavy atom. The normalized spacial score (nSPS) is 10.6. The van der Waals surface area contributed by atoms with Crippen LogP contribution in [0.4, 0.5) is 5.82 Å². The molecule has 0 aliphatic heterocycles. The maximum absolute atomic E-state index is 11.3. The highest BCUT2D eigenvalue weighted by molar-refractivity contribution is 8.00. The highest BCUT2D eigenvalue weighted by Crippen LogP contribution is 2.37. The second kappa shape index (κ2) is 10.7. The Morgan fingerprint density at radius 3 is 2.72 bits per heavy atom. The number of methoxy groups -OCH3 is 2. The molecule has 0 fully saturated rings. The van der Waals surface area contributed by atoms with Gasteiger partial charge in [-0.3, -0.25) is 9.48 Å². The predicted molar refractivity (Wildman–Crippen MR) is 132 cm³/mol. The number of carbonyl (C=O) groups is 2. The molecule has 11 nitrogen and oxygen atoms in total. The maximum atomic E-state index is 11.3. The van der Waals surface area contributed by atoms with Gasteiger partial charge in [0.2, 0.25) is 0 Å². The molecule has 2 heterocycles. The van der Waals surface area contributed by atoms with E-state index in [0.29, 0.717) is 39.7 Å². The molecule has 184 valence electrons. The van der Waals surface area contributed by atoms with Crippen molar-refractivity contribution in [3.63, 3.8) is 0 Å². The molecule has 2 aromatic carbocycles. The molecule has 3 N–H and O–H groups in total. The Morgan fingerprint density at radius 1 is 1.19 bits per heavy atom. The van der Waals surface area contributed by atoms with Crippen LogP contribution in [0.15, 0.2) is 52.1 Å². The van der Waals surface area contributed by atoms with Gasteiger partial charge in [-0.25, -0.2) is 4.79 Å². The van der Waals surface area contributed by atoms with Crippen LogP contribution in [0, 0.1) is 12.3 Å². The number of anilines is 1. The Kier molecular flexibility index (Phi) is 7.31. The first-order chi connectivity index (χ1) is 17.4. The molecular weight excluding hydrogens is 486 g/mol. The molecule has 36 heavy (non-hydrogen) atoms. The van der Waals surface area contributed by atoms with E-state index in [2.05, 4.69) is 20.3 Å². The summed E-state index contributed by atoms with van der Waals surface area (Å²) in [5.74, 6) is 1.93. The molecule has 2 aromatic heterocycles. The van der Waals surface area contributed by atoms with Gasteiger partial charge in [-0.2, -0.15) is 5.10 Å². The number of carbonyl (C=O) groups excluding carboxylic acids is 1. The number of ether oxygens (including phenoxy) is 2. The number of aromatic nitrogens is 3. The molecule has 0 unspecified atom stereocenters. The summed E-state index contributed by atoms with van der Waals surface area (Å²) in [7, 11) is 3.05. The highest BCUT2D eigenvalue weighted by atomic mass is 32.2. The van der Waals surface area contributed by atoms with E-state index in [1.54, 1.807) is 30.3 Å². The second-order valence-electron chi connectivity index (χ2n) is 7.45. The molecule has 0 bridgehead atoms. The van der Waals surface area contributed by atoms with Crippen molar-refractivity contribution in [1.29, 1.82) is 0 Å². The van der Waals surface area contributed by atoms with Gasteiger partial charge in [-0.15, -0.1) is 6.42 Å². The van der Waals surface area contributed by atoms with Gasteiger partial charge >= 0.3 is 5.97 Å². The van der Waals surface area contributed by atoms with Crippen molar-refractivity contribution in [1.82, 2.24) is 20.3 Å². The van der Waals surface area contributed by atoms with Crippen molar-refractivity contribution in [3.8, 4) is 23.8 Å². The minimum Gasteiger partial charge on any atom is -0.496 e. The molecule has 12 heteroatoms. The minimum atomic E-state index is -1.04. The van der Waals surface area contributed by atoms with Crippen LogP contribution in [-0.2, 0) is 17.9 Å². The van der Waals surface area contributed by atoms with Crippen molar-refractivity contribution < 1.29 is 28.7 Å². The largest absolute Gasteiger partial charge is 0.496 e. The molecule has 0 aliphatic carbocycles. The van der Waals surface area contributed by atoms with E-state index in [9.17, 15) is 14.7 Å². The fraction of sp³-hybridized carbons (Fsp3) is 0.167. The summed E-state index contributed by atoms with van der Waals surface area (Å²) in [6.45, 7) is 0.702. The summed E-state index contributed by atoms with van der Waals surface area (Å²) in [4.78, 5) is 23.1. The third kappa shape index (κ3) is 5.37. The number of nitrogens with one attached hydrogen (secondary N) is 2. The maximum Gasteiger partial charge on any atom is 0.335 e. The van der Waals surface area contributed by atoms with Crippen molar-refractivity contribution in [2.45, 2.75) is 18.0 Å². The van der Waals surface area contributed by atoms with E-state index < -0.39 is 11.9 Å². The molecule has 1 amide bonds. The standard InChI is InChI=1S/C24H21N5O6S/c1-4-21(30)25-10-15-11-26-29(13-15)12-14-7-18(34-3)22-19(8-14)35-27-23(22)28-36-20-9-16(24(31)32)5-6-17(20)33-2/h1,5-9,11,13H,10,12H2,2-3H3,(H,25,30)(H,27,28)(H,31,32). The van der Waals surface area contributed by atoms with Crippen LogP contribution in [0.2, 0.25) is 0 Å². The van der Waals surface area contributed by atoms with Gasteiger partial charge in [0.25, 0.3) is 5.91 Å². The lowest BCUT2D eigenvalue weighted by Gasteiger charge is -2.10. The van der Waals surface area contributed by atoms with Crippen molar-refractivity contribution in [2.24, 2.45) is 0 Å². The monoisotopic (exact) mass is 507 g/mol. The van der Waals surface area contributed by atoms with Crippen LogP contribution in [0.1, 0.15) is 21.5 Å². The van der Waals surface area contributed by atoms with Gasteiger partial charge in [0, 0.05) is 18.3 Å². The van der Waals surface area contributed by atoms with Crippen LogP contribution >= 0.6 is 11.9 Å². The van der Waals surface area contributed by atoms with E-state index >= 15 is 0 Å². The number of aromatic carboxylic acids is 1. The molecule has 4 aromatic rings. The van der Waals surface area contributed by atoms with Crippen molar-refractivity contribution >= 4 is 40.6 Å². The lowest BCUT2D eigenvalue weighted by atomic mass is 10.1. The number of fused-ring (bicyclic) bond motifs is 1. The zero-order valence-corrected chi connectivity index (χ0v) is 20.1. The van der Waals surface area contributed by atoms with E-state index in [1.807, 2.05) is 18.1 Å². The molecule has 0 aliphatic rings. The van der Waals surface area contributed by atoms with Crippen molar-refractivity contribution in [3.05, 3.63) is 59.4 Å². The SMILES string of the molecule is C#CC(=O)NCc1cnn(Cc2cc(OC)c3c(NSc4cc(C(=O)O)ccc4OC)noc3c2)c1. The number of hydrogen-bond acceptors (Lipinski definition) is 9. The van der Waals surface area contributed by atoms with Crippen LogP contribution in [0.5, 0.6) is 11.5 Å². The van der Waals surface area contributed by atoms with Gasteiger partial charge in [0.15, 0.2) is 11.4 Å². The molecule has 4 rings (SSSR count). The predicted octanol–water partition coefficient (Wildman–Crippen LogP) is 3.16. The van der Waals surface area contributed by atoms with Gasteiger partial charge < -0.3 is 29.1 Å². The number of benzene rings is 2. The Balaban J connectivity index is 1.53. The Hall–Kier alpha value is -4.63. The second-order valence-corrected chi connectivity index (χ2v) is 8.30. The summed E-state index contributed by atoms with van der Waals surface area (Å²) in [6, 6.07) is 8.24. The Labute approximate surface area is 209 Å². The van der Waals surface area contributed by atoms with Crippen LogP contribution in [0.25, 0.3) is 11.0 Å². The zero-order chi connectivity index (χ0) is 25.7. The average molecular weight is 508 g/mol. The fourth-order valence-electron chi connectivity index (χ4n) is 3.41. The van der Waals surface area contributed by atoms with Gasteiger partial charge in [-0.05, 0) is 53.8 Å². The number of amides is 1. The molecular formula is C24H21N5O6S. The molecule has 0 saturated heterocycles. The van der Waals surface area contributed by atoms with Crippen LogP contribution < -0.4 is 19.5 Å². The Bertz CT molecular complexity index is 1470. The first-order valence-corrected chi connectivity index (χ1v) is 11.3. The quantitative estimate of drug-likeness (QED) is 0.216. The van der Waals surface area contributed by atoms with Crippen LogP contribution in [0.3, 0.4) is 0 Å². The van der Waals surface area contributed by atoms with Gasteiger partial charge in [0.1, 0.15) is 16.9 Å². The number of nitrogens with zero attached hydrogens (tertiary/aromatic N) is 3. The van der Waals surface area contributed by atoms with E-state index in [0.717, 1.165) is 23.1 Å². The first kappa shape index (κ1) is 24.5. The first-order valence-electron chi connectivity index (χ1n) is 10.5. The topological polar surface area (TPSA) is 141 Å². The van der Waals surface area contributed by atoms with E-state index in [4.69, 9.17) is 20.4 Å². The number of terminal acetylenes is 1. The number of hydrogen-bond donors (Lipinski definition) is 3. The summed E-state index contributed by atoms with van der Waals surface area (Å²) < 4.78 is 21.3. The lowest BCUT2D eigenvalue weighted by Crippen LogP contribution is -2.20. The smallest absolute Gasteiger partial charge is 0.335 e. The van der Waals surface area contributed by atoms with E-state index in [-0.39, 0.29) is 12.1 Å². The molecule has 0 atom stereocenters. The zero-order valence-electron chi connectivity index (χ0n) is 19.3. The van der Waals surface area contributed by atoms with Gasteiger partial charge in [-0.1, -0.05) is 5.16 Å². The summed E-state index contributed by atoms with van der Waals surface area (Å²) in [5.41, 5.74) is 2.28. The van der Waals surface area contributed by atoms with Crippen LogP contribution in [-0.4, -0.2) is 46.1 Å².